The summed E-state index contributed by atoms with van der Waals surface area (Å²) >= 11 is 0. The monoisotopic (exact) mass is 372 g/mol. The van der Waals surface area contributed by atoms with Gasteiger partial charge in [-0.15, -0.1) is 0 Å². The number of carbonyl (C=O) groups excluding carboxylic acids is 1. The van der Waals surface area contributed by atoms with Gasteiger partial charge in [0.05, 0.1) is 5.69 Å². The second-order valence-corrected chi connectivity index (χ2v) is 8.07. The predicted molar refractivity (Wildman–Crippen MR) is 109 cm³/mol. The third kappa shape index (κ3) is 3.80. The van der Waals surface area contributed by atoms with Crippen LogP contribution >= 0.6 is 0 Å². The molecule has 3 aromatic heterocycles. The van der Waals surface area contributed by atoms with E-state index in [0.717, 1.165) is 47.1 Å². The third-order valence-electron chi connectivity index (χ3n) is 5.74. The maximum Gasteiger partial charge on any atom is 0.141 e. The first-order chi connectivity index (χ1) is 13.7. The van der Waals surface area contributed by atoms with Crippen LogP contribution in [0.1, 0.15) is 36.9 Å². The van der Waals surface area contributed by atoms with E-state index in [0.29, 0.717) is 12.2 Å². The number of likely N-dealkylation sites (tertiary alicyclic amines) is 1. The van der Waals surface area contributed by atoms with Crippen LogP contribution in [0, 0.1) is 5.92 Å². The van der Waals surface area contributed by atoms with Crippen molar-refractivity contribution in [3.63, 3.8) is 0 Å². The molecule has 0 spiro atoms. The number of Topliss-reactive ketones (excluding diaryl/α,β-unsaturated/α-hetero) is 1. The molecule has 0 N–H and O–H groups in total. The molecule has 4 heterocycles. The van der Waals surface area contributed by atoms with Crippen LogP contribution in [-0.2, 0) is 17.8 Å². The fraction of sp³-hybridized carbons (Fsp3) is 0.391. The SMILES string of the molecule is O=C(Cc1cc2cc(-c3cncc(CN4CCCC4)c3)ncc2cn1)C1CC1. The van der Waals surface area contributed by atoms with Crippen molar-refractivity contribution in [2.45, 2.75) is 38.6 Å². The van der Waals surface area contributed by atoms with Crippen molar-refractivity contribution in [3.05, 3.63) is 54.2 Å². The van der Waals surface area contributed by atoms with E-state index in [1.807, 2.05) is 30.9 Å². The van der Waals surface area contributed by atoms with Crippen LogP contribution in [0.15, 0.2) is 43.0 Å². The van der Waals surface area contributed by atoms with Gasteiger partial charge in [0.1, 0.15) is 5.78 Å². The minimum atomic E-state index is 0.273. The highest BCUT2D eigenvalue weighted by Crippen LogP contribution is 2.31. The smallest absolute Gasteiger partial charge is 0.141 e. The van der Waals surface area contributed by atoms with E-state index >= 15 is 0 Å². The first-order valence-corrected chi connectivity index (χ1v) is 10.2. The zero-order chi connectivity index (χ0) is 18.9. The summed E-state index contributed by atoms with van der Waals surface area (Å²) in [5.41, 5.74) is 4.02. The maximum absolute atomic E-state index is 12.1. The summed E-state index contributed by atoms with van der Waals surface area (Å²) < 4.78 is 0. The van der Waals surface area contributed by atoms with E-state index in [2.05, 4.69) is 32.0 Å². The summed E-state index contributed by atoms with van der Waals surface area (Å²) in [6.45, 7) is 3.30. The maximum atomic E-state index is 12.1. The molecule has 0 radical (unpaired) electrons. The predicted octanol–water partition coefficient (Wildman–Crippen LogP) is 3.81. The zero-order valence-corrected chi connectivity index (χ0v) is 16.0. The summed E-state index contributed by atoms with van der Waals surface area (Å²) in [4.78, 5) is 28.1. The van der Waals surface area contributed by atoms with Gasteiger partial charge in [0.15, 0.2) is 0 Å². The lowest BCUT2D eigenvalue weighted by Gasteiger charge is -2.14. The second-order valence-electron chi connectivity index (χ2n) is 8.07. The number of hydrogen-bond acceptors (Lipinski definition) is 5. The topological polar surface area (TPSA) is 59.0 Å². The van der Waals surface area contributed by atoms with Gasteiger partial charge in [0.25, 0.3) is 0 Å². The number of hydrogen-bond donors (Lipinski definition) is 0. The summed E-state index contributed by atoms with van der Waals surface area (Å²) in [5, 5.41) is 2.07. The van der Waals surface area contributed by atoms with Crippen LogP contribution < -0.4 is 0 Å². The van der Waals surface area contributed by atoms with Crippen LogP contribution in [0.25, 0.3) is 22.0 Å². The summed E-state index contributed by atoms with van der Waals surface area (Å²) in [5.74, 6) is 0.592. The highest BCUT2D eigenvalue weighted by molar-refractivity contribution is 5.88. The Morgan fingerprint density at radius 3 is 2.61 bits per heavy atom. The molecular weight excluding hydrogens is 348 g/mol. The minimum Gasteiger partial charge on any atom is -0.299 e. The van der Waals surface area contributed by atoms with Crippen LogP contribution in [0.3, 0.4) is 0 Å². The Bertz CT molecular complexity index is 1020. The second kappa shape index (κ2) is 7.40. The lowest BCUT2D eigenvalue weighted by Crippen LogP contribution is -2.18. The molecule has 1 aliphatic carbocycles. The molecule has 2 aliphatic rings. The average Bonchev–Trinajstić information content (AvgIpc) is 3.45. The number of nitrogens with zero attached hydrogens (tertiary/aromatic N) is 4. The summed E-state index contributed by atoms with van der Waals surface area (Å²) in [7, 11) is 0. The van der Waals surface area contributed by atoms with E-state index in [1.54, 1.807) is 0 Å². The Morgan fingerprint density at radius 2 is 1.79 bits per heavy atom. The lowest BCUT2D eigenvalue weighted by atomic mass is 10.1. The first kappa shape index (κ1) is 17.4. The highest BCUT2D eigenvalue weighted by atomic mass is 16.1. The molecule has 0 bridgehead atoms. The molecule has 3 aromatic rings. The van der Waals surface area contributed by atoms with Gasteiger partial charge in [-0.2, -0.15) is 0 Å². The van der Waals surface area contributed by atoms with Crippen molar-refractivity contribution < 1.29 is 4.79 Å². The number of pyridine rings is 3. The van der Waals surface area contributed by atoms with Crippen molar-refractivity contribution in [2.75, 3.05) is 13.1 Å². The Morgan fingerprint density at radius 1 is 0.964 bits per heavy atom. The molecule has 0 aromatic carbocycles. The standard InChI is InChI=1S/C23H24N4O/c28-23(17-3-4-17)10-21-8-18-9-22(26-14-20(18)13-25-21)19-7-16(11-24-12-19)15-27-5-1-2-6-27/h7-9,11-14,17H,1-6,10,15H2. The molecule has 142 valence electrons. The van der Waals surface area contributed by atoms with Crippen molar-refractivity contribution >= 4 is 16.6 Å². The van der Waals surface area contributed by atoms with E-state index < -0.39 is 0 Å². The highest BCUT2D eigenvalue weighted by Gasteiger charge is 2.29. The Labute approximate surface area is 164 Å². The van der Waals surface area contributed by atoms with Crippen molar-refractivity contribution in [3.8, 4) is 11.3 Å². The van der Waals surface area contributed by atoms with Gasteiger partial charge < -0.3 is 0 Å². The van der Waals surface area contributed by atoms with Crippen molar-refractivity contribution in [1.29, 1.82) is 0 Å². The van der Waals surface area contributed by atoms with Crippen molar-refractivity contribution in [1.82, 2.24) is 19.9 Å². The Balaban J connectivity index is 1.41. The molecule has 5 nitrogen and oxygen atoms in total. The normalized spacial score (nSPS) is 17.3. The average molecular weight is 372 g/mol. The van der Waals surface area contributed by atoms with Crippen LogP contribution in [0.2, 0.25) is 0 Å². The van der Waals surface area contributed by atoms with Crippen LogP contribution in [0.5, 0.6) is 0 Å². The quantitative estimate of drug-likeness (QED) is 0.658. The van der Waals surface area contributed by atoms with Gasteiger partial charge in [-0.1, -0.05) is 0 Å². The molecule has 1 saturated carbocycles. The van der Waals surface area contributed by atoms with Gasteiger partial charge >= 0.3 is 0 Å². The first-order valence-electron chi connectivity index (χ1n) is 10.2. The Hall–Kier alpha value is -2.66. The number of ketones is 1. The van der Waals surface area contributed by atoms with Gasteiger partial charge in [-0.05, 0) is 67.9 Å². The fourth-order valence-electron chi connectivity index (χ4n) is 3.98. The largest absolute Gasteiger partial charge is 0.299 e. The number of rotatable bonds is 6. The number of carbonyl (C=O) groups is 1. The molecule has 1 aliphatic heterocycles. The molecule has 5 rings (SSSR count). The molecule has 0 unspecified atom stereocenters. The van der Waals surface area contributed by atoms with Gasteiger partial charge in [0, 0.05) is 60.3 Å². The molecule has 0 amide bonds. The van der Waals surface area contributed by atoms with Crippen molar-refractivity contribution in [2.24, 2.45) is 5.92 Å². The van der Waals surface area contributed by atoms with E-state index in [1.165, 1.54) is 31.5 Å². The lowest BCUT2D eigenvalue weighted by molar-refractivity contribution is -0.119. The summed E-state index contributed by atoms with van der Waals surface area (Å²) in [6, 6.07) is 6.30. The van der Waals surface area contributed by atoms with E-state index in [-0.39, 0.29) is 5.92 Å². The van der Waals surface area contributed by atoms with E-state index in [4.69, 9.17) is 0 Å². The fourth-order valence-corrected chi connectivity index (χ4v) is 3.98. The molecule has 28 heavy (non-hydrogen) atoms. The molecule has 2 fully saturated rings. The Kier molecular flexibility index (Phi) is 4.61. The van der Waals surface area contributed by atoms with Crippen LogP contribution in [-0.4, -0.2) is 38.7 Å². The molecule has 5 heteroatoms. The van der Waals surface area contributed by atoms with E-state index in [9.17, 15) is 4.79 Å². The third-order valence-corrected chi connectivity index (χ3v) is 5.74. The molecule has 1 saturated heterocycles. The van der Waals surface area contributed by atoms with Gasteiger partial charge in [-0.3, -0.25) is 24.6 Å². The van der Waals surface area contributed by atoms with Gasteiger partial charge in [0.2, 0.25) is 0 Å². The number of aromatic nitrogens is 3. The minimum absolute atomic E-state index is 0.273. The molecular formula is C23H24N4O. The zero-order valence-electron chi connectivity index (χ0n) is 16.0. The summed E-state index contributed by atoms with van der Waals surface area (Å²) in [6.07, 6.45) is 12.6. The van der Waals surface area contributed by atoms with Gasteiger partial charge in [-0.25, -0.2) is 0 Å². The molecule has 0 atom stereocenters. The van der Waals surface area contributed by atoms with Crippen LogP contribution in [0.4, 0.5) is 0 Å². The number of fused-ring (bicyclic) bond motifs is 1.